The predicted octanol–water partition coefficient (Wildman–Crippen LogP) is 3.91. The van der Waals surface area contributed by atoms with Gasteiger partial charge in [-0.2, -0.15) is 0 Å². The molecule has 0 aromatic heterocycles. The van der Waals surface area contributed by atoms with Crippen molar-refractivity contribution in [1.82, 2.24) is 5.32 Å². The minimum atomic E-state index is -0.729. The minimum Gasteiger partial charge on any atom is -0.469 e. The van der Waals surface area contributed by atoms with E-state index >= 15 is 0 Å². The smallest absolute Gasteiger partial charge is 0.319 e. The fraction of sp³-hybridized carbons (Fsp3) is 0.176. The summed E-state index contributed by atoms with van der Waals surface area (Å²) in [6, 6.07) is 11.0. The molecule has 1 atom stereocenters. The number of anilines is 1. The molecule has 126 valence electrons. The van der Waals surface area contributed by atoms with E-state index in [1.54, 1.807) is 30.3 Å². The van der Waals surface area contributed by atoms with Gasteiger partial charge in [0, 0.05) is 10.7 Å². The van der Waals surface area contributed by atoms with Gasteiger partial charge in [-0.25, -0.2) is 9.18 Å². The summed E-state index contributed by atoms with van der Waals surface area (Å²) in [4.78, 5) is 23.7. The van der Waals surface area contributed by atoms with E-state index in [1.165, 1.54) is 25.3 Å². The van der Waals surface area contributed by atoms with Crippen LogP contribution in [0.1, 0.15) is 18.0 Å². The molecule has 0 aliphatic carbocycles. The van der Waals surface area contributed by atoms with Crippen LogP contribution in [0.15, 0.2) is 48.5 Å². The molecule has 0 bridgehead atoms. The molecule has 2 rings (SSSR count). The summed E-state index contributed by atoms with van der Waals surface area (Å²) in [7, 11) is 1.25. The topological polar surface area (TPSA) is 67.4 Å². The minimum absolute atomic E-state index is 0.122. The van der Waals surface area contributed by atoms with Crippen LogP contribution in [-0.2, 0) is 9.53 Å². The van der Waals surface area contributed by atoms with Crippen molar-refractivity contribution in [1.29, 1.82) is 0 Å². The maximum atomic E-state index is 13.4. The van der Waals surface area contributed by atoms with Crippen molar-refractivity contribution < 1.29 is 18.7 Å². The normalized spacial score (nSPS) is 11.5. The Kier molecular flexibility index (Phi) is 6.14. The second kappa shape index (κ2) is 8.31. The molecule has 5 nitrogen and oxygen atoms in total. The zero-order valence-electron chi connectivity index (χ0n) is 12.9. The number of carbonyl (C=O) groups excluding carboxylic acids is 2. The molecule has 0 spiro atoms. The second-order valence-corrected chi connectivity index (χ2v) is 5.43. The van der Waals surface area contributed by atoms with Gasteiger partial charge in [0.25, 0.3) is 0 Å². The molecule has 2 aromatic carbocycles. The standard InChI is InChI=1S/C17H16ClFN2O3/c1-24-16(22)10-15(11-4-2-6-13(19)8-11)21-17(23)20-14-7-3-5-12(18)9-14/h2-9,15H,10H2,1H3,(H2,20,21,23). The van der Waals surface area contributed by atoms with Gasteiger partial charge in [-0.3, -0.25) is 4.79 Å². The van der Waals surface area contributed by atoms with Crippen LogP contribution in [0.25, 0.3) is 0 Å². The maximum Gasteiger partial charge on any atom is 0.319 e. The summed E-state index contributed by atoms with van der Waals surface area (Å²) in [6.45, 7) is 0. The maximum absolute atomic E-state index is 13.4. The first-order valence-corrected chi connectivity index (χ1v) is 7.51. The number of rotatable bonds is 5. The molecule has 2 amide bonds. The zero-order chi connectivity index (χ0) is 17.5. The first-order valence-electron chi connectivity index (χ1n) is 7.13. The van der Waals surface area contributed by atoms with Crippen molar-refractivity contribution in [2.24, 2.45) is 0 Å². The number of carbonyl (C=O) groups is 2. The number of halogens is 2. The summed E-state index contributed by atoms with van der Waals surface area (Å²) in [6.07, 6.45) is -0.122. The van der Waals surface area contributed by atoms with Crippen LogP contribution in [0.3, 0.4) is 0 Å². The molecule has 0 heterocycles. The van der Waals surface area contributed by atoms with Crippen molar-refractivity contribution >= 4 is 29.3 Å². The molecule has 1 unspecified atom stereocenters. The fourth-order valence-corrected chi connectivity index (χ4v) is 2.31. The number of urea groups is 1. The van der Waals surface area contributed by atoms with E-state index in [1.807, 2.05) is 0 Å². The van der Waals surface area contributed by atoms with Crippen molar-refractivity contribution in [3.05, 3.63) is 64.9 Å². The van der Waals surface area contributed by atoms with E-state index in [-0.39, 0.29) is 6.42 Å². The number of methoxy groups -OCH3 is 1. The highest BCUT2D eigenvalue weighted by atomic mass is 35.5. The van der Waals surface area contributed by atoms with Crippen LogP contribution in [0.4, 0.5) is 14.9 Å². The number of amides is 2. The molecular weight excluding hydrogens is 335 g/mol. The lowest BCUT2D eigenvalue weighted by molar-refractivity contribution is -0.141. The third-order valence-electron chi connectivity index (χ3n) is 3.24. The van der Waals surface area contributed by atoms with Crippen LogP contribution in [-0.4, -0.2) is 19.1 Å². The van der Waals surface area contributed by atoms with Gasteiger partial charge in [0.2, 0.25) is 0 Å². The van der Waals surface area contributed by atoms with E-state index in [4.69, 9.17) is 11.6 Å². The van der Waals surface area contributed by atoms with Crippen LogP contribution < -0.4 is 10.6 Å². The number of esters is 1. The Morgan fingerprint density at radius 3 is 2.62 bits per heavy atom. The average molecular weight is 351 g/mol. The lowest BCUT2D eigenvalue weighted by Crippen LogP contribution is -2.34. The number of benzene rings is 2. The molecular formula is C17H16ClFN2O3. The molecule has 2 N–H and O–H groups in total. The van der Waals surface area contributed by atoms with E-state index in [2.05, 4.69) is 15.4 Å². The Bertz CT molecular complexity index is 739. The van der Waals surface area contributed by atoms with E-state index < -0.39 is 23.9 Å². The first kappa shape index (κ1) is 17.7. The van der Waals surface area contributed by atoms with Crippen molar-refractivity contribution in [2.45, 2.75) is 12.5 Å². The molecule has 0 fully saturated rings. The van der Waals surface area contributed by atoms with Crippen LogP contribution in [0.2, 0.25) is 5.02 Å². The Balaban J connectivity index is 2.12. The van der Waals surface area contributed by atoms with Gasteiger partial charge in [-0.05, 0) is 35.9 Å². The van der Waals surface area contributed by atoms with Gasteiger partial charge in [0.15, 0.2) is 0 Å². The van der Waals surface area contributed by atoms with Crippen molar-refractivity contribution in [2.75, 3.05) is 12.4 Å². The highest BCUT2D eigenvalue weighted by Crippen LogP contribution is 2.19. The lowest BCUT2D eigenvalue weighted by Gasteiger charge is -2.19. The van der Waals surface area contributed by atoms with Crippen LogP contribution in [0, 0.1) is 5.82 Å². The number of hydrogen-bond acceptors (Lipinski definition) is 3. The van der Waals surface area contributed by atoms with Gasteiger partial charge in [0.1, 0.15) is 5.82 Å². The summed E-state index contributed by atoms with van der Waals surface area (Å²) in [5.41, 5.74) is 0.956. The molecule has 0 saturated heterocycles. The molecule has 24 heavy (non-hydrogen) atoms. The number of nitrogens with one attached hydrogen (secondary N) is 2. The third-order valence-corrected chi connectivity index (χ3v) is 3.47. The molecule has 0 aliphatic rings. The summed E-state index contributed by atoms with van der Waals surface area (Å²) in [5.74, 6) is -0.980. The predicted molar refractivity (Wildman–Crippen MR) is 89.4 cm³/mol. The largest absolute Gasteiger partial charge is 0.469 e. The lowest BCUT2D eigenvalue weighted by atomic mass is 10.0. The van der Waals surface area contributed by atoms with E-state index in [9.17, 15) is 14.0 Å². The summed E-state index contributed by atoms with van der Waals surface area (Å²) in [5, 5.41) is 5.72. The van der Waals surface area contributed by atoms with E-state index in [0.29, 0.717) is 16.3 Å². The van der Waals surface area contributed by atoms with Gasteiger partial charge in [-0.1, -0.05) is 29.8 Å². The van der Waals surface area contributed by atoms with Gasteiger partial charge >= 0.3 is 12.0 Å². The van der Waals surface area contributed by atoms with Crippen molar-refractivity contribution in [3.63, 3.8) is 0 Å². The Labute approximate surface area is 143 Å². The second-order valence-electron chi connectivity index (χ2n) is 5.00. The van der Waals surface area contributed by atoms with Crippen molar-refractivity contribution in [3.8, 4) is 0 Å². The summed E-state index contributed by atoms with van der Waals surface area (Å²) >= 11 is 5.86. The van der Waals surface area contributed by atoms with Gasteiger partial charge < -0.3 is 15.4 Å². The SMILES string of the molecule is COC(=O)CC(NC(=O)Nc1cccc(Cl)c1)c1cccc(F)c1. The molecule has 0 aliphatic heterocycles. The summed E-state index contributed by atoms with van der Waals surface area (Å²) < 4.78 is 18.0. The fourth-order valence-electron chi connectivity index (χ4n) is 2.12. The zero-order valence-corrected chi connectivity index (χ0v) is 13.6. The van der Waals surface area contributed by atoms with Gasteiger partial charge in [0.05, 0.1) is 19.6 Å². The van der Waals surface area contributed by atoms with Gasteiger partial charge in [-0.15, -0.1) is 0 Å². The van der Waals surface area contributed by atoms with E-state index in [0.717, 1.165) is 0 Å². The third kappa shape index (κ3) is 5.24. The number of hydrogen-bond donors (Lipinski definition) is 2. The average Bonchev–Trinajstić information content (AvgIpc) is 2.54. The molecule has 0 radical (unpaired) electrons. The highest BCUT2D eigenvalue weighted by molar-refractivity contribution is 6.30. The first-order chi connectivity index (χ1) is 11.5. The molecule has 0 saturated carbocycles. The quantitative estimate of drug-likeness (QED) is 0.803. The Morgan fingerprint density at radius 2 is 1.96 bits per heavy atom. The Hall–Kier alpha value is -2.60. The van der Waals surface area contributed by atoms with Crippen LogP contribution in [0.5, 0.6) is 0 Å². The monoisotopic (exact) mass is 350 g/mol. The highest BCUT2D eigenvalue weighted by Gasteiger charge is 2.19. The molecule has 2 aromatic rings. The molecule has 7 heteroatoms. The number of ether oxygens (including phenoxy) is 1. The van der Waals surface area contributed by atoms with Crippen LogP contribution >= 0.6 is 11.6 Å². The Morgan fingerprint density at radius 1 is 1.21 bits per heavy atom.